The molecule has 1 aromatic carbocycles. The summed E-state index contributed by atoms with van der Waals surface area (Å²) in [5.41, 5.74) is 7.56. The van der Waals surface area contributed by atoms with Crippen molar-refractivity contribution < 1.29 is 9.47 Å². The van der Waals surface area contributed by atoms with E-state index in [-0.39, 0.29) is 0 Å². The third kappa shape index (κ3) is 3.81. The van der Waals surface area contributed by atoms with Crippen molar-refractivity contribution in [3.63, 3.8) is 0 Å². The van der Waals surface area contributed by atoms with E-state index in [9.17, 15) is 0 Å². The van der Waals surface area contributed by atoms with Crippen LogP contribution in [0.5, 0.6) is 5.75 Å². The maximum atomic E-state index is 5.85. The second-order valence-corrected chi connectivity index (χ2v) is 4.59. The summed E-state index contributed by atoms with van der Waals surface area (Å²) in [6.45, 7) is 4.32. The lowest BCUT2D eigenvalue weighted by Gasteiger charge is -2.23. The van der Waals surface area contributed by atoms with Gasteiger partial charge in [-0.15, -0.1) is 0 Å². The average molecular weight is 250 g/mol. The first-order chi connectivity index (χ1) is 8.78. The monoisotopic (exact) mass is 250 g/mol. The Balaban J connectivity index is 1.91. The Morgan fingerprint density at radius 3 is 3.00 bits per heavy atom. The highest BCUT2D eigenvalue weighted by Crippen LogP contribution is 2.23. The van der Waals surface area contributed by atoms with Crippen molar-refractivity contribution in [1.82, 2.24) is 0 Å². The van der Waals surface area contributed by atoms with Crippen LogP contribution in [0.3, 0.4) is 0 Å². The topological polar surface area (TPSA) is 56.5 Å². The van der Waals surface area contributed by atoms with Crippen LogP contribution in [0.4, 0.5) is 11.4 Å². The van der Waals surface area contributed by atoms with Crippen LogP contribution in [0.2, 0.25) is 0 Å². The molecule has 1 heterocycles. The Kier molecular flexibility index (Phi) is 4.70. The van der Waals surface area contributed by atoms with Crippen LogP contribution in [0.15, 0.2) is 18.2 Å². The number of hydrogen-bond acceptors (Lipinski definition) is 4. The fourth-order valence-electron chi connectivity index (χ4n) is 2.17. The van der Waals surface area contributed by atoms with Crippen molar-refractivity contribution in [1.29, 1.82) is 0 Å². The minimum Gasteiger partial charge on any atom is -0.494 e. The van der Waals surface area contributed by atoms with Crippen molar-refractivity contribution in [3.8, 4) is 5.75 Å². The zero-order chi connectivity index (χ0) is 12.8. The Hall–Kier alpha value is -1.42. The first kappa shape index (κ1) is 13.0. The highest BCUT2D eigenvalue weighted by molar-refractivity contribution is 5.59. The van der Waals surface area contributed by atoms with E-state index in [1.54, 1.807) is 0 Å². The number of hydrogen-bond donors (Lipinski definition) is 2. The lowest BCUT2D eigenvalue weighted by molar-refractivity contribution is 0.0247. The smallest absolute Gasteiger partial charge is 0.123 e. The third-order valence-electron chi connectivity index (χ3n) is 3.05. The molecule has 1 saturated heterocycles. The van der Waals surface area contributed by atoms with Gasteiger partial charge in [0, 0.05) is 36.7 Å². The lowest BCUT2D eigenvalue weighted by atomic mass is 10.1. The van der Waals surface area contributed by atoms with Crippen LogP contribution in [-0.2, 0) is 4.74 Å². The van der Waals surface area contributed by atoms with Gasteiger partial charge in [-0.3, -0.25) is 0 Å². The summed E-state index contributed by atoms with van der Waals surface area (Å²) in [7, 11) is 0. The molecule has 0 amide bonds. The third-order valence-corrected chi connectivity index (χ3v) is 3.05. The Bertz CT molecular complexity index is 376. The van der Waals surface area contributed by atoms with Gasteiger partial charge in [0.1, 0.15) is 5.75 Å². The van der Waals surface area contributed by atoms with Crippen LogP contribution in [0, 0.1) is 0 Å². The zero-order valence-electron chi connectivity index (χ0n) is 10.9. The van der Waals surface area contributed by atoms with Crippen molar-refractivity contribution in [2.24, 2.45) is 0 Å². The second kappa shape index (κ2) is 6.50. The Labute approximate surface area is 108 Å². The molecule has 100 valence electrons. The predicted molar refractivity (Wildman–Crippen MR) is 74.1 cm³/mol. The van der Waals surface area contributed by atoms with Crippen LogP contribution in [0.25, 0.3) is 0 Å². The molecule has 0 aromatic heterocycles. The van der Waals surface area contributed by atoms with Crippen molar-refractivity contribution in [2.45, 2.75) is 32.3 Å². The largest absolute Gasteiger partial charge is 0.494 e. The number of benzene rings is 1. The summed E-state index contributed by atoms with van der Waals surface area (Å²) in [5, 5.41) is 3.37. The summed E-state index contributed by atoms with van der Waals surface area (Å²) < 4.78 is 11.2. The molecule has 1 fully saturated rings. The van der Waals surface area contributed by atoms with Crippen LogP contribution in [0.1, 0.15) is 26.2 Å². The minimum absolute atomic E-state index is 0.315. The molecule has 2 rings (SSSR count). The summed E-state index contributed by atoms with van der Waals surface area (Å²) in [6.07, 6.45) is 3.89. The average Bonchev–Trinajstić information content (AvgIpc) is 2.37. The van der Waals surface area contributed by atoms with E-state index in [1.807, 2.05) is 25.1 Å². The number of ether oxygens (including phenoxy) is 2. The van der Waals surface area contributed by atoms with Gasteiger partial charge in [-0.2, -0.15) is 0 Å². The number of anilines is 2. The summed E-state index contributed by atoms with van der Waals surface area (Å²) in [5.74, 6) is 0.810. The SMILES string of the molecule is CCOc1cc(N)cc(NCC2CCCCO2)c1. The van der Waals surface area contributed by atoms with Crippen molar-refractivity contribution in [3.05, 3.63) is 18.2 Å². The normalized spacial score (nSPS) is 19.5. The summed E-state index contributed by atoms with van der Waals surface area (Å²) in [6, 6.07) is 5.74. The molecule has 0 radical (unpaired) electrons. The molecule has 4 heteroatoms. The van der Waals surface area contributed by atoms with Crippen LogP contribution >= 0.6 is 0 Å². The molecule has 0 spiro atoms. The molecule has 1 aliphatic heterocycles. The van der Waals surface area contributed by atoms with Crippen LogP contribution < -0.4 is 15.8 Å². The maximum absolute atomic E-state index is 5.85. The van der Waals surface area contributed by atoms with Gasteiger partial charge in [-0.05, 0) is 32.3 Å². The van der Waals surface area contributed by atoms with Crippen molar-refractivity contribution >= 4 is 11.4 Å². The molecule has 0 saturated carbocycles. The molecule has 0 bridgehead atoms. The molecule has 1 aliphatic rings. The number of nitrogens with two attached hydrogens (primary N) is 1. The van der Waals surface area contributed by atoms with E-state index in [0.29, 0.717) is 18.4 Å². The number of rotatable bonds is 5. The number of nitrogens with one attached hydrogen (secondary N) is 1. The van der Waals surface area contributed by atoms with Gasteiger partial charge in [0.15, 0.2) is 0 Å². The number of nitrogen functional groups attached to an aromatic ring is 1. The Morgan fingerprint density at radius 2 is 2.28 bits per heavy atom. The van der Waals surface area contributed by atoms with E-state index in [1.165, 1.54) is 12.8 Å². The van der Waals surface area contributed by atoms with Gasteiger partial charge in [0.05, 0.1) is 12.7 Å². The van der Waals surface area contributed by atoms with Gasteiger partial charge < -0.3 is 20.5 Å². The lowest BCUT2D eigenvalue weighted by Crippen LogP contribution is -2.26. The van der Waals surface area contributed by atoms with Crippen LogP contribution in [-0.4, -0.2) is 25.9 Å². The highest BCUT2D eigenvalue weighted by Gasteiger charge is 2.13. The van der Waals surface area contributed by atoms with E-state index in [2.05, 4.69) is 5.32 Å². The van der Waals surface area contributed by atoms with Gasteiger partial charge in [0.25, 0.3) is 0 Å². The van der Waals surface area contributed by atoms with E-state index >= 15 is 0 Å². The summed E-state index contributed by atoms with van der Waals surface area (Å²) in [4.78, 5) is 0. The standard InChI is InChI=1S/C14H22N2O2/c1-2-17-14-8-11(15)7-12(9-14)16-10-13-5-3-4-6-18-13/h7-9,13,16H,2-6,10,15H2,1H3. The molecular formula is C14H22N2O2. The molecule has 1 atom stereocenters. The second-order valence-electron chi connectivity index (χ2n) is 4.59. The maximum Gasteiger partial charge on any atom is 0.123 e. The first-order valence-corrected chi connectivity index (χ1v) is 6.67. The molecule has 4 nitrogen and oxygen atoms in total. The predicted octanol–water partition coefficient (Wildman–Crippen LogP) is 2.65. The van der Waals surface area contributed by atoms with E-state index in [0.717, 1.165) is 31.0 Å². The van der Waals surface area contributed by atoms with Gasteiger partial charge in [0.2, 0.25) is 0 Å². The van der Waals surface area contributed by atoms with Gasteiger partial charge in [-0.25, -0.2) is 0 Å². The molecule has 1 unspecified atom stereocenters. The molecular weight excluding hydrogens is 228 g/mol. The molecule has 18 heavy (non-hydrogen) atoms. The zero-order valence-corrected chi connectivity index (χ0v) is 10.9. The first-order valence-electron chi connectivity index (χ1n) is 6.67. The van der Waals surface area contributed by atoms with E-state index < -0.39 is 0 Å². The fourth-order valence-corrected chi connectivity index (χ4v) is 2.17. The van der Waals surface area contributed by atoms with Crippen molar-refractivity contribution in [2.75, 3.05) is 30.8 Å². The fraction of sp³-hybridized carbons (Fsp3) is 0.571. The minimum atomic E-state index is 0.315. The van der Waals surface area contributed by atoms with E-state index in [4.69, 9.17) is 15.2 Å². The highest BCUT2D eigenvalue weighted by atomic mass is 16.5. The summed E-state index contributed by atoms with van der Waals surface area (Å²) >= 11 is 0. The Morgan fingerprint density at radius 1 is 1.39 bits per heavy atom. The molecule has 1 aromatic rings. The molecule has 0 aliphatic carbocycles. The molecule has 3 N–H and O–H groups in total. The quantitative estimate of drug-likeness (QED) is 0.789. The van der Waals surface area contributed by atoms with Gasteiger partial charge >= 0.3 is 0 Å². The van der Waals surface area contributed by atoms with Gasteiger partial charge in [-0.1, -0.05) is 0 Å².